The van der Waals surface area contributed by atoms with Crippen LogP contribution in [0.2, 0.25) is 0 Å². The molecule has 0 aromatic carbocycles. The fraction of sp³-hybridized carbons (Fsp3) is 0.385. The van der Waals surface area contributed by atoms with Crippen LogP contribution < -0.4 is 5.56 Å². The first-order valence-electron chi connectivity index (χ1n) is 6.55. The number of thiazole rings is 1. The smallest absolute Gasteiger partial charge is 0.305 e. The van der Waals surface area contributed by atoms with Crippen LogP contribution in [0.1, 0.15) is 29.6 Å². The molecule has 1 saturated heterocycles. The Balaban J connectivity index is 1.94. The lowest BCUT2D eigenvalue weighted by Gasteiger charge is -2.23. The summed E-state index contributed by atoms with van der Waals surface area (Å²) in [6.45, 7) is 0.475. The van der Waals surface area contributed by atoms with Gasteiger partial charge in [0.15, 0.2) is 4.96 Å². The van der Waals surface area contributed by atoms with Crippen molar-refractivity contribution in [2.45, 2.75) is 25.3 Å². The summed E-state index contributed by atoms with van der Waals surface area (Å²) in [4.78, 5) is 41.7. The van der Waals surface area contributed by atoms with Gasteiger partial charge in [0, 0.05) is 30.4 Å². The van der Waals surface area contributed by atoms with Crippen LogP contribution in [0.5, 0.6) is 0 Å². The van der Waals surface area contributed by atoms with E-state index in [0.29, 0.717) is 17.9 Å². The molecule has 0 radical (unpaired) electrons. The summed E-state index contributed by atoms with van der Waals surface area (Å²) in [6.07, 6.45) is 4.16. The molecule has 3 heterocycles. The molecule has 21 heavy (non-hydrogen) atoms. The van der Waals surface area contributed by atoms with Crippen LogP contribution in [-0.4, -0.2) is 43.9 Å². The van der Waals surface area contributed by atoms with Gasteiger partial charge in [-0.15, -0.1) is 11.3 Å². The van der Waals surface area contributed by atoms with Gasteiger partial charge in [-0.1, -0.05) is 0 Å². The Hall–Kier alpha value is -2.22. The fourth-order valence-corrected chi connectivity index (χ4v) is 3.32. The summed E-state index contributed by atoms with van der Waals surface area (Å²) in [5.74, 6) is -1.38. The number of aliphatic carboxylic acids is 1. The topological polar surface area (TPSA) is 92.0 Å². The van der Waals surface area contributed by atoms with Crippen molar-refractivity contribution >= 4 is 28.2 Å². The number of aromatic nitrogens is 2. The van der Waals surface area contributed by atoms with Crippen molar-refractivity contribution < 1.29 is 14.7 Å². The SMILES string of the molecule is O=C(O)CC1CCCN1C(=O)c1cnc2sccn2c1=O. The molecule has 7 nitrogen and oxygen atoms in total. The molecule has 0 aliphatic carbocycles. The van der Waals surface area contributed by atoms with Gasteiger partial charge in [-0.2, -0.15) is 0 Å². The molecular weight excluding hydrogens is 294 g/mol. The molecule has 110 valence electrons. The van der Waals surface area contributed by atoms with Crippen LogP contribution in [0.4, 0.5) is 0 Å². The fourth-order valence-electron chi connectivity index (χ4n) is 2.64. The number of rotatable bonds is 3. The largest absolute Gasteiger partial charge is 0.481 e. The van der Waals surface area contributed by atoms with Crippen molar-refractivity contribution in [3.05, 3.63) is 33.7 Å². The van der Waals surface area contributed by atoms with Crippen LogP contribution in [0, 0.1) is 0 Å². The van der Waals surface area contributed by atoms with Crippen molar-refractivity contribution in [1.29, 1.82) is 0 Å². The molecule has 1 amide bonds. The van der Waals surface area contributed by atoms with Crippen molar-refractivity contribution in [2.24, 2.45) is 0 Å². The third-order valence-corrected chi connectivity index (χ3v) is 4.39. The van der Waals surface area contributed by atoms with Gasteiger partial charge >= 0.3 is 5.97 Å². The van der Waals surface area contributed by atoms with E-state index in [4.69, 9.17) is 5.11 Å². The number of carbonyl (C=O) groups is 2. The lowest BCUT2D eigenvalue weighted by atomic mass is 10.1. The third-order valence-electron chi connectivity index (χ3n) is 3.62. The summed E-state index contributed by atoms with van der Waals surface area (Å²) in [5.41, 5.74) is -0.421. The summed E-state index contributed by atoms with van der Waals surface area (Å²) in [7, 11) is 0. The number of nitrogens with zero attached hydrogens (tertiary/aromatic N) is 3. The number of hydrogen-bond donors (Lipinski definition) is 1. The third kappa shape index (κ3) is 2.42. The van der Waals surface area contributed by atoms with Gasteiger partial charge < -0.3 is 10.0 Å². The minimum atomic E-state index is -0.942. The molecule has 8 heteroatoms. The zero-order valence-corrected chi connectivity index (χ0v) is 11.9. The first-order valence-corrected chi connectivity index (χ1v) is 7.43. The molecule has 1 aliphatic rings. The van der Waals surface area contributed by atoms with Crippen LogP contribution in [-0.2, 0) is 4.79 Å². The molecule has 0 saturated carbocycles. The standard InChI is InChI=1S/C13H13N3O4S/c17-10(18)6-8-2-1-3-15(8)11(19)9-7-14-13-16(12(9)20)4-5-21-13/h4-5,7-8H,1-3,6H2,(H,17,18). The Kier molecular flexibility index (Phi) is 3.46. The highest BCUT2D eigenvalue weighted by Gasteiger charge is 2.32. The second kappa shape index (κ2) is 5.28. The minimum absolute atomic E-state index is 0.0109. The summed E-state index contributed by atoms with van der Waals surface area (Å²) >= 11 is 1.31. The lowest BCUT2D eigenvalue weighted by Crippen LogP contribution is -2.39. The van der Waals surface area contributed by atoms with Crippen LogP contribution in [0.25, 0.3) is 4.96 Å². The van der Waals surface area contributed by atoms with Crippen LogP contribution in [0.3, 0.4) is 0 Å². The van der Waals surface area contributed by atoms with E-state index in [1.165, 1.54) is 26.8 Å². The van der Waals surface area contributed by atoms with Gasteiger partial charge in [-0.05, 0) is 12.8 Å². The summed E-state index contributed by atoms with van der Waals surface area (Å²) < 4.78 is 1.33. The van der Waals surface area contributed by atoms with Crippen LogP contribution in [0.15, 0.2) is 22.6 Å². The van der Waals surface area contributed by atoms with Gasteiger partial charge in [0.05, 0.1) is 6.42 Å². The molecular formula is C13H13N3O4S. The highest BCUT2D eigenvalue weighted by molar-refractivity contribution is 7.15. The molecule has 2 aromatic heterocycles. The molecule has 1 fully saturated rings. The average molecular weight is 307 g/mol. The quantitative estimate of drug-likeness (QED) is 0.907. The zero-order valence-electron chi connectivity index (χ0n) is 11.1. The first kappa shape index (κ1) is 13.7. The van der Waals surface area contributed by atoms with Gasteiger partial charge in [0.1, 0.15) is 5.56 Å². The minimum Gasteiger partial charge on any atom is -0.481 e. The Morgan fingerprint density at radius 3 is 3.05 bits per heavy atom. The Labute approximate surface area is 123 Å². The monoisotopic (exact) mass is 307 g/mol. The molecule has 1 aliphatic heterocycles. The Morgan fingerprint density at radius 1 is 1.48 bits per heavy atom. The van der Waals surface area contributed by atoms with E-state index in [2.05, 4.69) is 4.98 Å². The van der Waals surface area contributed by atoms with Gasteiger partial charge in [0.25, 0.3) is 11.5 Å². The number of fused-ring (bicyclic) bond motifs is 1. The number of carboxylic acids is 1. The molecule has 0 bridgehead atoms. The predicted molar refractivity (Wildman–Crippen MR) is 75.7 cm³/mol. The highest BCUT2D eigenvalue weighted by Crippen LogP contribution is 2.22. The Bertz CT molecular complexity index is 766. The van der Waals surface area contributed by atoms with E-state index in [-0.39, 0.29) is 18.0 Å². The molecule has 3 rings (SSSR count). The van der Waals surface area contributed by atoms with Gasteiger partial charge in [-0.3, -0.25) is 18.8 Å². The second-order valence-corrected chi connectivity index (χ2v) is 5.80. The average Bonchev–Trinajstić information content (AvgIpc) is 3.06. The van der Waals surface area contributed by atoms with E-state index >= 15 is 0 Å². The maximum Gasteiger partial charge on any atom is 0.305 e. The number of carbonyl (C=O) groups excluding carboxylic acids is 1. The van der Waals surface area contributed by atoms with Gasteiger partial charge in [0.2, 0.25) is 0 Å². The molecule has 2 aromatic rings. The number of carboxylic acid groups (broad SMARTS) is 1. The predicted octanol–water partition coefficient (Wildman–Crippen LogP) is 0.835. The Morgan fingerprint density at radius 2 is 2.29 bits per heavy atom. The summed E-state index contributed by atoms with van der Waals surface area (Å²) in [5, 5.41) is 10.6. The molecule has 1 N–H and O–H groups in total. The van der Waals surface area contributed by atoms with E-state index < -0.39 is 17.4 Å². The van der Waals surface area contributed by atoms with Crippen molar-refractivity contribution in [3.63, 3.8) is 0 Å². The number of hydrogen-bond acceptors (Lipinski definition) is 5. The molecule has 1 unspecified atom stereocenters. The lowest BCUT2D eigenvalue weighted by molar-refractivity contribution is -0.137. The zero-order chi connectivity index (χ0) is 15.0. The normalized spacial score (nSPS) is 18.3. The van der Waals surface area contributed by atoms with Gasteiger partial charge in [-0.25, -0.2) is 4.98 Å². The molecule has 1 atom stereocenters. The maximum absolute atomic E-state index is 12.5. The summed E-state index contributed by atoms with van der Waals surface area (Å²) in [6, 6.07) is -0.349. The maximum atomic E-state index is 12.5. The molecule has 0 spiro atoms. The number of likely N-dealkylation sites (tertiary alicyclic amines) is 1. The van der Waals surface area contributed by atoms with E-state index in [9.17, 15) is 14.4 Å². The van der Waals surface area contributed by atoms with Crippen molar-refractivity contribution in [1.82, 2.24) is 14.3 Å². The second-order valence-electron chi connectivity index (χ2n) is 4.93. The van der Waals surface area contributed by atoms with E-state index in [1.807, 2.05) is 0 Å². The van der Waals surface area contributed by atoms with Crippen LogP contribution >= 0.6 is 11.3 Å². The highest BCUT2D eigenvalue weighted by atomic mass is 32.1. The number of amides is 1. The van der Waals surface area contributed by atoms with Crippen molar-refractivity contribution in [2.75, 3.05) is 6.54 Å². The van der Waals surface area contributed by atoms with Crippen molar-refractivity contribution in [3.8, 4) is 0 Å². The van der Waals surface area contributed by atoms with E-state index in [1.54, 1.807) is 11.6 Å². The first-order chi connectivity index (χ1) is 10.1. The van der Waals surface area contributed by atoms with E-state index in [0.717, 1.165) is 6.42 Å².